The van der Waals surface area contributed by atoms with Crippen LogP contribution in [0.25, 0.3) is 16.5 Å². The van der Waals surface area contributed by atoms with Gasteiger partial charge in [0.2, 0.25) is 0 Å². The molecule has 3 rings (SSSR count). The monoisotopic (exact) mass is 445 g/mol. The summed E-state index contributed by atoms with van der Waals surface area (Å²) in [4.78, 5) is 12.0. The molecule has 7 nitrogen and oxygen atoms in total. The second-order valence-electron chi connectivity index (χ2n) is 8.69. The molecule has 1 aromatic heterocycles. The number of aromatic nitrogens is 1. The molecule has 0 saturated heterocycles. The highest BCUT2D eigenvalue weighted by Gasteiger charge is 2.14. The molecule has 0 aliphatic carbocycles. The summed E-state index contributed by atoms with van der Waals surface area (Å²) in [6, 6.07) is 14.0. The highest BCUT2D eigenvalue weighted by atomic mass is 15.1. The number of nitrogen functional groups attached to an aromatic ring is 1. The van der Waals surface area contributed by atoms with Crippen LogP contribution in [0.3, 0.4) is 0 Å². The van der Waals surface area contributed by atoms with E-state index in [1.54, 1.807) is 19.3 Å². The van der Waals surface area contributed by atoms with Gasteiger partial charge < -0.3 is 26.3 Å². The van der Waals surface area contributed by atoms with Gasteiger partial charge in [-0.2, -0.15) is 0 Å². The highest BCUT2D eigenvalue weighted by molar-refractivity contribution is 6.16. The van der Waals surface area contributed by atoms with Gasteiger partial charge in [0.25, 0.3) is 0 Å². The van der Waals surface area contributed by atoms with E-state index < -0.39 is 0 Å². The predicted octanol–water partition coefficient (Wildman–Crippen LogP) is 3.55. The molecule has 0 spiro atoms. The van der Waals surface area contributed by atoms with Crippen LogP contribution < -0.4 is 11.5 Å². The topological polar surface area (TPSA) is 111 Å². The van der Waals surface area contributed by atoms with Crippen molar-refractivity contribution in [3.8, 4) is 0 Å². The van der Waals surface area contributed by atoms with Gasteiger partial charge in [-0.15, -0.1) is 0 Å². The molecule has 2 aromatic carbocycles. The zero-order chi connectivity index (χ0) is 24.0. The lowest BCUT2D eigenvalue weighted by Gasteiger charge is -2.18. The zero-order valence-corrected chi connectivity index (χ0v) is 20.0. The molecule has 0 aliphatic heterocycles. The summed E-state index contributed by atoms with van der Waals surface area (Å²) < 4.78 is 0. The van der Waals surface area contributed by atoms with Crippen LogP contribution in [0.2, 0.25) is 0 Å². The van der Waals surface area contributed by atoms with E-state index >= 15 is 0 Å². The summed E-state index contributed by atoms with van der Waals surface area (Å²) in [5.74, 6) is 0. The molecular weight excluding hydrogens is 410 g/mol. The van der Waals surface area contributed by atoms with E-state index in [0.717, 1.165) is 53.8 Å². The quantitative estimate of drug-likeness (QED) is 0.282. The number of H-pyrrole nitrogens is 1. The fraction of sp³-hybridized carbons (Fsp3) is 0.308. The molecule has 0 atom stereocenters. The standard InChI is InChI=1S/C26H35N7/c1-30-16-21(15-27)19-7-8-23(28)22(13-19)26(29)25-14-20-12-18(6-9-24(20)31-25)17-33(4)11-5-10-32(2)3/h6-9,12-16,29,31H,5,10-11,17,27-28H2,1-4H3. The maximum absolute atomic E-state index is 8.81. The Bertz CT molecular complexity index is 1170. The average Bonchev–Trinajstić information content (AvgIpc) is 3.20. The Morgan fingerprint density at radius 1 is 1.09 bits per heavy atom. The number of nitrogens with one attached hydrogen (secondary N) is 2. The third-order valence-electron chi connectivity index (χ3n) is 5.66. The van der Waals surface area contributed by atoms with Gasteiger partial charge in [-0.25, -0.2) is 0 Å². The van der Waals surface area contributed by atoms with Crippen molar-refractivity contribution in [2.24, 2.45) is 10.7 Å². The number of nitrogens with zero attached hydrogens (tertiary/aromatic N) is 3. The number of benzene rings is 2. The van der Waals surface area contributed by atoms with E-state index in [-0.39, 0.29) is 0 Å². The number of aromatic amines is 1. The SMILES string of the molecule is CN=CC(=CN)c1ccc(N)c(C(=N)c2cc3cc(CN(C)CCCN(C)C)ccc3[nH]2)c1. The third-order valence-corrected chi connectivity index (χ3v) is 5.66. The molecule has 0 unspecified atom stereocenters. The molecule has 0 bridgehead atoms. The van der Waals surface area contributed by atoms with Crippen molar-refractivity contribution in [2.75, 3.05) is 47.0 Å². The Morgan fingerprint density at radius 2 is 1.88 bits per heavy atom. The Morgan fingerprint density at radius 3 is 2.58 bits per heavy atom. The molecule has 0 radical (unpaired) electrons. The molecule has 6 N–H and O–H groups in total. The van der Waals surface area contributed by atoms with Crippen LogP contribution in [0, 0.1) is 5.41 Å². The van der Waals surface area contributed by atoms with E-state index in [0.29, 0.717) is 17.0 Å². The fourth-order valence-electron chi connectivity index (χ4n) is 3.91. The largest absolute Gasteiger partial charge is 0.404 e. The van der Waals surface area contributed by atoms with Crippen LogP contribution in [-0.2, 0) is 6.54 Å². The number of rotatable bonds is 10. The molecule has 174 valence electrons. The Balaban J connectivity index is 1.81. The van der Waals surface area contributed by atoms with Crippen LogP contribution >= 0.6 is 0 Å². The van der Waals surface area contributed by atoms with Crippen LogP contribution in [0.1, 0.15) is 28.8 Å². The minimum absolute atomic E-state index is 0.345. The summed E-state index contributed by atoms with van der Waals surface area (Å²) in [5.41, 5.74) is 18.2. The smallest absolute Gasteiger partial charge is 0.0868 e. The lowest BCUT2D eigenvalue weighted by atomic mass is 9.99. The highest BCUT2D eigenvalue weighted by Crippen LogP contribution is 2.24. The molecule has 0 aliphatic rings. The minimum Gasteiger partial charge on any atom is -0.404 e. The van der Waals surface area contributed by atoms with Crippen LogP contribution in [0.4, 0.5) is 5.69 Å². The lowest BCUT2D eigenvalue weighted by Crippen LogP contribution is -2.23. The molecule has 1 heterocycles. The van der Waals surface area contributed by atoms with E-state index in [2.05, 4.69) is 59.1 Å². The van der Waals surface area contributed by atoms with E-state index in [1.807, 2.05) is 18.2 Å². The Labute approximate surface area is 196 Å². The first-order chi connectivity index (χ1) is 15.8. The van der Waals surface area contributed by atoms with Gasteiger partial charge in [0.05, 0.1) is 11.4 Å². The normalized spacial score (nSPS) is 12.5. The first kappa shape index (κ1) is 24.2. The average molecular weight is 446 g/mol. The number of allylic oxidation sites excluding steroid dienone is 1. The summed E-state index contributed by atoms with van der Waals surface area (Å²) in [7, 11) is 8.06. The van der Waals surface area contributed by atoms with Crippen molar-refractivity contribution in [2.45, 2.75) is 13.0 Å². The van der Waals surface area contributed by atoms with Crippen LogP contribution in [-0.4, -0.2) is 68.0 Å². The number of fused-ring (bicyclic) bond motifs is 1. The second-order valence-corrected chi connectivity index (χ2v) is 8.69. The third kappa shape index (κ3) is 6.09. The maximum atomic E-state index is 8.81. The van der Waals surface area contributed by atoms with Crippen molar-refractivity contribution in [3.63, 3.8) is 0 Å². The fourth-order valence-corrected chi connectivity index (χ4v) is 3.91. The summed E-state index contributed by atoms with van der Waals surface area (Å²) in [6.07, 6.45) is 4.34. The van der Waals surface area contributed by atoms with Gasteiger partial charge >= 0.3 is 0 Å². The Hall–Kier alpha value is -3.42. The number of hydrogen-bond donors (Lipinski definition) is 4. The summed E-state index contributed by atoms with van der Waals surface area (Å²) in [6.45, 7) is 3.03. The van der Waals surface area contributed by atoms with Crippen molar-refractivity contribution < 1.29 is 0 Å². The van der Waals surface area contributed by atoms with Crippen molar-refractivity contribution in [1.82, 2.24) is 14.8 Å². The maximum Gasteiger partial charge on any atom is 0.0868 e. The molecule has 0 amide bonds. The number of nitrogens with two attached hydrogens (primary N) is 2. The first-order valence-corrected chi connectivity index (χ1v) is 11.1. The van der Waals surface area contributed by atoms with E-state index in [1.165, 1.54) is 11.8 Å². The van der Waals surface area contributed by atoms with E-state index in [9.17, 15) is 0 Å². The Kier molecular flexibility index (Phi) is 8.03. The van der Waals surface area contributed by atoms with E-state index in [4.69, 9.17) is 16.9 Å². The van der Waals surface area contributed by atoms with Crippen LogP contribution in [0.15, 0.2) is 53.7 Å². The van der Waals surface area contributed by atoms with Gasteiger partial charge in [-0.05, 0) is 82.1 Å². The summed E-state index contributed by atoms with van der Waals surface area (Å²) >= 11 is 0. The van der Waals surface area contributed by atoms with Crippen molar-refractivity contribution in [3.05, 3.63) is 71.0 Å². The van der Waals surface area contributed by atoms with Gasteiger partial charge in [-0.1, -0.05) is 12.1 Å². The summed E-state index contributed by atoms with van der Waals surface area (Å²) in [5, 5.41) is 9.90. The molecule has 3 aromatic rings. The lowest BCUT2D eigenvalue weighted by molar-refractivity contribution is 0.294. The van der Waals surface area contributed by atoms with Gasteiger partial charge in [-0.3, -0.25) is 10.4 Å². The number of hydrogen-bond acceptors (Lipinski definition) is 6. The molecule has 0 fully saturated rings. The van der Waals surface area contributed by atoms with Gasteiger partial charge in [0.15, 0.2) is 0 Å². The van der Waals surface area contributed by atoms with Gasteiger partial charge in [0.1, 0.15) is 0 Å². The zero-order valence-electron chi connectivity index (χ0n) is 20.0. The second kappa shape index (κ2) is 10.9. The van der Waals surface area contributed by atoms with Crippen molar-refractivity contribution in [1.29, 1.82) is 5.41 Å². The van der Waals surface area contributed by atoms with Crippen LogP contribution in [0.5, 0.6) is 0 Å². The first-order valence-electron chi connectivity index (χ1n) is 11.1. The molecule has 7 heteroatoms. The number of aliphatic imine (C=N–C) groups is 1. The minimum atomic E-state index is 0.345. The molecule has 0 saturated carbocycles. The predicted molar refractivity (Wildman–Crippen MR) is 141 cm³/mol. The van der Waals surface area contributed by atoms with Gasteiger partial charge in [0, 0.05) is 53.7 Å². The number of anilines is 1. The van der Waals surface area contributed by atoms with Crippen molar-refractivity contribution >= 4 is 34.1 Å². The molecule has 33 heavy (non-hydrogen) atoms. The molecular formula is C26H35N7.